The molecule has 3 heterocycles. The maximum atomic E-state index is 12.3. The van der Waals surface area contributed by atoms with Crippen molar-refractivity contribution in [3.05, 3.63) is 28.9 Å². The zero-order valence-electron chi connectivity index (χ0n) is 19.6. The van der Waals surface area contributed by atoms with E-state index in [1.807, 2.05) is 12.1 Å². The van der Waals surface area contributed by atoms with E-state index in [9.17, 15) is 4.79 Å². The summed E-state index contributed by atoms with van der Waals surface area (Å²) in [5.74, 6) is 1.03. The highest BCUT2D eigenvalue weighted by atomic mass is 35.5. The Morgan fingerprint density at radius 2 is 2.06 bits per heavy atom. The van der Waals surface area contributed by atoms with Gasteiger partial charge in [-0.25, -0.2) is 0 Å². The maximum absolute atomic E-state index is 12.3. The second-order valence-electron chi connectivity index (χ2n) is 9.47. The molecule has 5 rings (SSSR count). The molecule has 0 bridgehead atoms. The van der Waals surface area contributed by atoms with Gasteiger partial charge >= 0.3 is 0 Å². The smallest absolute Gasteiger partial charge is 0.220 e. The van der Waals surface area contributed by atoms with E-state index in [1.54, 1.807) is 11.8 Å². The molecule has 184 valence electrons. The van der Waals surface area contributed by atoms with E-state index in [0.717, 1.165) is 77.4 Å². The van der Waals surface area contributed by atoms with Crippen LogP contribution in [0.4, 0.5) is 5.69 Å². The number of ether oxygens (including phenoxy) is 1. The minimum atomic E-state index is 0.116. The van der Waals surface area contributed by atoms with Crippen molar-refractivity contribution in [3.63, 3.8) is 0 Å². The topological polar surface area (TPSA) is 81.8 Å². The number of carbonyl (C=O) groups excluding carboxylic acids is 1. The summed E-state index contributed by atoms with van der Waals surface area (Å²) in [7, 11) is 0. The van der Waals surface area contributed by atoms with Crippen LogP contribution in [-0.4, -0.2) is 78.1 Å². The Morgan fingerprint density at radius 1 is 1.24 bits per heavy atom. The molecule has 1 saturated heterocycles. The van der Waals surface area contributed by atoms with Crippen molar-refractivity contribution < 1.29 is 9.53 Å². The predicted octanol–water partition coefficient (Wildman–Crippen LogP) is 4.27. The van der Waals surface area contributed by atoms with E-state index in [-0.39, 0.29) is 11.9 Å². The maximum Gasteiger partial charge on any atom is 0.220 e. The van der Waals surface area contributed by atoms with Crippen LogP contribution >= 0.6 is 23.4 Å². The molecule has 2 aromatic rings. The number of benzene rings is 1. The van der Waals surface area contributed by atoms with Crippen LogP contribution in [0.5, 0.6) is 0 Å². The van der Waals surface area contributed by atoms with Crippen molar-refractivity contribution in [2.45, 2.75) is 50.6 Å². The molecule has 2 fully saturated rings. The van der Waals surface area contributed by atoms with Gasteiger partial charge in [0.25, 0.3) is 0 Å². The third-order valence-corrected chi connectivity index (χ3v) is 8.28. The molecule has 1 aromatic carbocycles. The van der Waals surface area contributed by atoms with Gasteiger partial charge in [-0.3, -0.25) is 14.7 Å². The molecule has 0 spiro atoms. The highest BCUT2D eigenvalue weighted by Crippen LogP contribution is 2.33. The Labute approximate surface area is 210 Å². The zero-order valence-corrected chi connectivity index (χ0v) is 21.1. The van der Waals surface area contributed by atoms with Crippen molar-refractivity contribution in [3.8, 4) is 0 Å². The van der Waals surface area contributed by atoms with E-state index >= 15 is 0 Å². The molecule has 34 heavy (non-hydrogen) atoms. The van der Waals surface area contributed by atoms with E-state index in [2.05, 4.69) is 26.6 Å². The number of thioether (sulfide) groups is 1. The highest BCUT2D eigenvalue weighted by Gasteiger charge is 2.23. The molecular weight excluding hydrogens is 470 g/mol. The molecule has 3 aliphatic rings. The fourth-order valence-electron chi connectivity index (χ4n) is 5.00. The van der Waals surface area contributed by atoms with Gasteiger partial charge < -0.3 is 20.4 Å². The number of aromatic amines is 1. The Hall–Kier alpha value is -1.74. The Balaban J connectivity index is 1.15. The summed E-state index contributed by atoms with van der Waals surface area (Å²) < 4.78 is 5.36. The number of rotatable bonds is 9. The van der Waals surface area contributed by atoms with E-state index in [4.69, 9.17) is 21.3 Å². The number of nitrogens with zero attached hydrogens (tertiary/aromatic N) is 2. The monoisotopic (exact) mass is 503 g/mol. The van der Waals surface area contributed by atoms with Crippen LogP contribution in [0, 0.1) is 0 Å². The Kier molecular flexibility index (Phi) is 7.99. The molecule has 0 unspecified atom stereocenters. The molecule has 1 amide bonds. The van der Waals surface area contributed by atoms with Gasteiger partial charge in [0.15, 0.2) is 0 Å². The second kappa shape index (κ2) is 11.3. The van der Waals surface area contributed by atoms with Gasteiger partial charge in [0.2, 0.25) is 5.91 Å². The van der Waals surface area contributed by atoms with Gasteiger partial charge in [-0.2, -0.15) is 0 Å². The van der Waals surface area contributed by atoms with E-state index in [1.165, 1.54) is 25.7 Å². The fourth-order valence-corrected chi connectivity index (χ4v) is 6.31. The van der Waals surface area contributed by atoms with Crippen LogP contribution in [0.2, 0.25) is 5.02 Å². The molecule has 1 aliphatic carbocycles. The third kappa shape index (κ3) is 6.08. The number of H-pyrrole nitrogens is 1. The number of amides is 1. The molecule has 1 saturated carbocycles. The summed E-state index contributed by atoms with van der Waals surface area (Å²) in [5, 5.41) is 9.62. The van der Waals surface area contributed by atoms with Crippen LogP contribution in [-0.2, 0) is 9.53 Å². The van der Waals surface area contributed by atoms with Crippen molar-refractivity contribution in [1.82, 2.24) is 15.2 Å². The van der Waals surface area contributed by atoms with Crippen molar-refractivity contribution in [1.29, 1.82) is 0 Å². The molecule has 2 aliphatic heterocycles. The van der Waals surface area contributed by atoms with Gasteiger partial charge in [0.1, 0.15) is 5.04 Å². The number of anilines is 1. The van der Waals surface area contributed by atoms with Crippen molar-refractivity contribution in [2.75, 3.05) is 50.5 Å². The molecule has 3 N–H and O–H groups in total. The van der Waals surface area contributed by atoms with Gasteiger partial charge in [0, 0.05) is 54.8 Å². The molecule has 1 aromatic heterocycles. The average Bonchev–Trinajstić information content (AvgIpc) is 3.59. The summed E-state index contributed by atoms with van der Waals surface area (Å²) in [5.41, 5.74) is 3.21. The Bertz CT molecular complexity index is 1030. The standard InChI is InChI=1S/C25H34ClN5O2S/c26-18-13-17-14-22(30-24(17)21(15-18)28-19-3-1-2-4-19)25-29-20(16-34-25)5-6-23(32)27-7-8-31-9-11-33-12-10-31/h13-15,19-20,28,30H,1-12,16H2,(H,27,32)/t20-/m1/s1. The summed E-state index contributed by atoms with van der Waals surface area (Å²) in [6, 6.07) is 6.88. The SMILES string of the molecule is O=C(CC[C@@H]1CSC(c2cc3cc(Cl)cc(NC4CCCC4)c3[nH]2)=N1)NCCN1CCOCC1. The number of nitrogens with one attached hydrogen (secondary N) is 3. The largest absolute Gasteiger partial charge is 0.381 e. The number of hydrogen-bond acceptors (Lipinski definition) is 6. The number of aromatic nitrogens is 1. The fraction of sp³-hybridized carbons (Fsp3) is 0.600. The first-order valence-electron chi connectivity index (χ1n) is 12.5. The van der Waals surface area contributed by atoms with Crippen LogP contribution in [0.1, 0.15) is 44.2 Å². The minimum Gasteiger partial charge on any atom is -0.381 e. The van der Waals surface area contributed by atoms with Crippen molar-refractivity contribution >= 4 is 50.9 Å². The normalized spacial score (nSPS) is 21.8. The molecule has 9 heteroatoms. The van der Waals surface area contributed by atoms with Gasteiger partial charge in [-0.1, -0.05) is 24.4 Å². The zero-order chi connectivity index (χ0) is 23.3. The van der Waals surface area contributed by atoms with E-state index in [0.29, 0.717) is 19.0 Å². The summed E-state index contributed by atoms with van der Waals surface area (Å²) >= 11 is 8.18. The lowest BCUT2D eigenvalue weighted by Crippen LogP contribution is -2.41. The van der Waals surface area contributed by atoms with Crippen LogP contribution < -0.4 is 10.6 Å². The van der Waals surface area contributed by atoms with Crippen LogP contribution in [0.3, 0.4) is 0 Å². The van der Waals surface area contributed by atoms with Crippen LogP contribution in [0.25, 0.3) is 10.9 Å². The summed E-state index contributed by atoms with van der Waals surface area (Å²) in [4.78, 5) is 23.1. The first-order chi connectivity index (χ1) is 16.6. The molecular formula is C25H34ClN5O2S. The number of morpholine rings is 1. The molecule has 7 nitrogen and oxygen atoms in total. The highest BCUT2D eigenvalue weighted by molar-refractivity contribution is 8.14. The number of hydrogen-bond donors (Lipinski definition) is 3. The first-order valence-corrected chi connectivity index (χ1v) is 13.9. The third-order valence-electron chi connectivity index (χ3n) is 6.91. The lowest BCUT2D eigenvalue weighted by atomic mass is 10.2. The van der Waals surface area contributed by atoms with Gasteiger partial charge in [0.05, 0.1) is 36.2 Å². The van der Waals surface area contributed by atoms with Crippen LogP contribution in [0.15, 0.2) is 23.2 Å². The summed E-state index contributed by atoms with van der Waals surface area (Å²) in [6.07, 6.45) is 6.30. The molecule has 0 radical (unpaired) electrons. The molecule has 1 atom stereocenters. The lowest BCUT2D eigenvalue weighted by molar-refractivity contribution is -0.121. The van der Waals surface area contributed by atoms with Gasteiger partial charge in [-0.15, -0.1) is 11.8 Å². The number of aliphatic imine (C=N–C) groups is 1. The van der Waals surface area contributed by atoms with Gasteiger partial charge in [-0.05, 0) is 37.5 Å². The second-order valence-corrected chi connectivity index (χ2v) is 10.9. The number of fused-ring (bicyclic) bond motifs is 1. The van der Waals surface area contributed by atoms with Crippen molar-refractivity contribution in [2.24, 2.45) is 4.99 Å². The Morgan fingerprint density at radius 3 is 2.88 bits per heavy atom. The minimum absolute atomic E-state index is 0.116. The number of halogens is 1. The van der Waals surface area contributed by atoms with E-state index < -0.39 is 0 Å². The lowest BCUT2D eigenvalue weighted by Gasteiger charge is -2.26. The average molecular weight is 504 g/mol. The first kappa shape index (κ1) is 24.0. The number of carbonyl (C=O) groups is 1. The quantitative estimate of drug-likeness (QED) is 0.476. The summed E-state index contributed by atoms with van der Waals surface area (Å²) in [6.45, 7) is 5.06. The predicted molar refractivity (Wildman–Crippen MR) is 141 cm³/mol.